The van der Waals surface area contributed by atoms with Gasteiger partial charge in [-0.05, 0) is 69.3 Å². The van der Waals surface area contributed by atoms with Crippen molar-refractivity contribution in [3.63, 3.8) is 0 Å². The molecule has 0 spiro atoms. The molecule has 6 aromatic carbocycles. The van der Waals surface area contributed by atoms with Crippen molar-refractivity contribution in [2.75, 3.05) is 0 Å². The summed E-state index contributed by atoms with van der Waals surface area (Å²) in [6, 6.07) is 54.0. The van der Waals surface area contributed by atoms with Gasteiger partial charge < -0.3 is 4.42 Å². The average molecular weight is 590 g/mol. The van der Waals surface area contributed by atoms with Crippen molar-refractivity contribution in [3.05, 3.63) is 163 Å². The van der Waals surface area contributed by atoms with Gasteiger partial charge in [-0.15, -0.1) is 0 Å². The largest absolute Gasteiger partial charge is 0.455 e. The van der Waals surface area contributed by atoms with Crippen LogP contribution in [0, 0.1) is 0 Å². The normalized spacial score (nSPS) is 13.2. The van der Waals surface area contributed by atoms with E-state index < -0.39 is 0 Å². The first-order chi connectivity index (χ1) is 22.5. The first-order valence-corrected chi connectivity index (χ1v) is 15.9. The first kappa shape index (κ1) is 26.7. The van der Waals surface area contributed by atoms with Gasteiger partial charge in [0.25, 0.3) is 0 Å². The maximum atomic E-state index is 6.50. The molecule has 0 aliphatic heterocycles. The fraction of sp³-hybridized carbons (Fsp3) is 0.0682. The summed E-state index contributed by atoms with van der Waals surface area (Å²) in [5.41, 5.74) is 15.7. The van der Waals surface area contributed by atoms with Crippen molar-refractivity contribution in [2.45, 2.75) is 19.3 Å². The SMILES string of the molecule is CC1(C)c2cc(-c3cccc(-c4cc(-c5ccccc5)cc(-c5ccccc5)n4)c3)ccc2-c2c1ccc1c2oc2ccccc21. The zero-order chi connectivity index (χ0) is 30.8. The highest BCUT2D eigenvalue weighted by atomic mass is 16.3. The fourth-order valence-electron chi connectivity index (χ4n) is 7.27. The molecule has 0 atom stereocenters. The maximum Gasteiger partial charge on any atom is 0.143 e. The van der Waals surface area contributed by atoms with E-state index in [1.165, 1.54) is 49.7 Å². The zero-order valence-corrected chi connectivity index (χ0v) is 25.8. The minimum Gasteiger partial charge on any atom is -0.455 e. The number of benzene rings is 6. The quantitative estimate of drug-likeness (QED) is 0.204. The summed E-state index contributed by atoms with van der Waals surface area (Å²) >= 11 is 0. The summed E-state index contributed by atoms with van der Waals surface area (Å²) in [5.74, 6) is 0. The van der Waals surface area contributed by atoms with Crippen LogP contribution in [0.5, 0.6) is 0 Å². The Labute approximate surface area is 268 Å². The van der Waals surface area contributed by atoms with Crippen molar-refractivity contribution >= 4 is 21.9 Å². The average Bonchev–Trinajstić information content (AvgIpc) is 3.61. The van der Waals surface area contributed by atoms with E-state index in [-0.39, 0.29) is 5.41 Å². The third-order valence-corrected chi connectivity index (χ3v) is 9.68. The van der Waals surface area contributed by atoms with E-state index in [4.69, 9.17) is 9.40 Å². The smallest absolute Gasteiger partial charge is 0.143 e. The molecule has 0 amide bonds. The van der Waals surface area contributed by atoms with Crippen molar-refractivity contribution < 1.29 is 4.42 Å². The molecule has 218 valence electrons. The van der Waals surface area contributed by atoms with Gasteiger partial charge in [0.05, 0.1) is 11.4 Å². The van der Waals surface area contributed by atoms with Crippen molar-refractivity contribution in [1.82, 2.24) is 4.98 Å². The first-order valence-electron chi connectivity index (χ1n) is 15.9. The van der Waals surface area contributed by atoms with Gasteiger partial charge >= 0.3 is 0 Å². The number of rotatable bonds is 4. The predicted octanol–water partition coefficient (Wildman–Crippen LogP) is 12.0. The minimum atomic E-state index is -0.151. The van der Waals surface area contributed by atoms with Crippen LogP contribution in [0.3, 0.4) is 0 Å². The van der Waals surface area contributed by atoms with Crippen LogP contribution in [0.15, 0.2) is 156 Å². The molecule has 2 aromatic heterocycles. The van der Waals surface area contributed by atoms with E-state index in [9.17, 15) is 0 Å². The van der Waals surface area contributed by atoms with Gasteiger partial charge in [-0.1, -0.05) is 135 Å². The molecule has 1 aliphatic carbocycles. The Bertz CT molecular complexity index is 2380. The number of fused-ring (bicyclic) bond motifs is 7. The summed E-state index contributed by atoms with van der Waals surface area (Å²) in [5, 5.41) is 2.34. The van der Waals surface area contributed by atoms with E-state index in [2.05, 4.69) is 153 Å². The van der Waals surface area contributed by atoms with E-state index in [0.717, 1.165) is 39.2 Å². The molecule has 0 saturated heterocycles. The summed E-state index contributed by atoms with van der Waals surface area (Å²) in [6.45, 7) is 4.66. The molecule has 9 rings (SSSR count). The molecule has 2 nitrogen and oxygen atoms in total. The second kappa shape index (κ2) is 10.2. The minimum absolute atomic E-state index is 0.151. The molecule has 0 bridgehead atoms. The molecular weight excluding hydrogens is 558 g/mol. The molecular formula is C44H31NO. The Hall–Kier alpha value is -5.73. The van der Waals surface area contributed by atoms with Crippen LogP contribution < -0.4 is 0 Å². The number of para-hydroxylation sites is 1. The molecule has 46 heavy (non-hydrogen) atoms. The third kappa shape index (κ3) is 4.14. The van der Waals surface area contributed by atoms with Crippen LogP contribution in [0.2, 0.25) is 0 Å². The lowest BCUT2D eigenvalue weighted by molar-refractivity contribution is 0.653. The van der Waals surface area contributed by atoms with Crippen molar-refractivity contribution in [3.8, 4) is 55.9 Å². The Balaban J connectivity index is 1.16. The molecule has 2 heteroatoms. The van der Waals surface area contributed by atoms with Gasteiger partial charge in [0, 0.05) is 32.9 Å². The van der Waals surface area contributed by atoms with Gasteiger partial charge in [-0.3, -0.25) is 0 Å². The molecule has 0 fully saturated rings. The highest BCUT2D eigenvalue weighted by Crippen LogP contribution is 2.53. The van der Waals surface area contributed by atoms with E-state index in [1.807, 2.05) is 12.1 Å². The lowest BCUT2D eigenvalue weighted by Crippen LogP contribution is -2.14. The summed E-state index contributed by atoms with van der Waals surface area (Å²) in [6.07, 6.45) is 0. The highest BCUT2D eigenvalue weighted by molar-refractivity contribution is 6.11. The van der Waals surface area contributed by atoms with Crippen LogP contribution in [0.25, 0.3) is 77.8 Å². The molecule has 2 heterocycles. The van der Waals surface area contributed by atoms with Crippen LogP contribution in [0.1, 0.15) is 25.0 Å². The summed E-state index contributed by atoms with van der Waals surface area (Å²) in [7, 11) is 0. The number of hydrogen-bond acceptors (Lipinski definition) is 2. The Kier molecular flexibility index (Phi) is 5.88. The number of furan rings is 1. The number of aromatic nitrogens is 1. The molecule has 0 saturated carbocycles. The topological polar surface area (TPSA) is 26.0 Å². The summed E-state index contributed by atoms with van der Waals surface area (Å²) in [4.78, 5) is 5.18. The third-order valence-electron chi connectivity index (χ3n) is 9.68. The maximum absolute atomic E-state index is 6.50. The van der Waals surface area contributed by atoms with Crippen LogP contribution in [0.4, 0.5) is 0 Å². The van der Waals surface area contributed by atoms with Gasteiger partial charge in [-0.2, -0.15) is 0 Å². The molecule has 0 N–H and O–H groups in total. The number of hydrogen-bond donors (Lipinski definition) is 0. The number of pyridine rings is 1. The summed E-state index contributed by atoms with van der Waals surface area (Å²) < 4.78 is 6.50. The molecule has 1 aliphatic rings. The van der Waals surface area contributed by atoms with Crippen LogP contribution >= 0.6 is 0 Å². The fourth-order valence-corrected chi connectivity index (χ4v) is 7.27. The lowest BCUT2D eigenvalue weighted by atomic mass is 9.81. The van der Waals surface area contributed by atoms with E-state index in [1.54, 1.807) is 0 Å². The van der Waals surface area contributed by atoms with Gasteiger partial charge in [0.2, 0.25) is 0 Å². The highest BCUT2D eigenvalue weighted by Gasteiger charge is 2.38. The second-order valence-electron chi connectivity index (χ2n) is 12.8. The van der Waals surface area contributed by atoms with Crippen molar-refractivity contribution in [1.29, 1.82) is 0 Å². The molecule has 8 aromatic rings. The Morgan fingerprint density at radius 2 is 1.11 bits per heavy atom. The predicted molar refractivity (Wildman–Crippen MR) is 191 cm³/mol. The van der Waals surface area contributed by atoms with Gasteiger partial charge in [0.1, 0.15) is 11.2 Å². The molecule has 0 radical (unpaired) electrons. The van der Waals surface area contributed by atoms with Crippen LogP contribution in [-0.4, -0.2) is 4.98 Å². The Morgan fingerprint density at radius 1 is 0.457 bits per heavy atom. The standard InChI is InChI=1S/C44H31NO/c1-44(2)37-23-22-35-34-18-9-10-19-41(34)46-43(35)42(37)36-21-20-31(25-38(36)44)30-16-11-17-32(24-30)40-27-33(28-12-5-3-6-13-28)26-39(45-40)29-14-7-4-8-15-29/h3-27H,1-2H3. The zero-order valence-electron chi connectivity index (χ0n) is 25.8. The van der Waals surface area contributed by atoms with Crippen molar-refractivity contribution in [2.24, 2.45) is 0 Å². The Morgan fingerprint density at radius 3 is 1.91 bits per heavy atom. The van der Waals surface area contributed by atoms with Gasteiger partial charge in [0.15, 0.2) is 0 Å². The second-order valence-corrected chi connectivity index (χ2v) is 12.8. The van der Waals surface area contributed by atoms with Gasteiger partial charge in [-0.25, -0.2) is 4.98 Å². The van der Waals surface area contributed by atoms with E-state index in [0.29, 0.717) is 0 Å². The monoisotopic (exact) mass is 589 g/mol. The lowest BCUT2D eigenvalue weighted by Gasteiger charge is -2.22. The molecule has 0 unspecified atom stereocenters. The van der Waals surface area contributed by atoms with E-state index >= 15 is 0 Å². The van der Waals surface area contributed by atoms with Crippen LogP contribution in [-0.2, 0) is 5.41 Å². The number of nitrogens with zero attached hydrogens (tertiary/aromatic N) is 1.